The quantitative estimate of drug-likeness (QED) is 0.461. The summed E-state index contributed by atoms with van der Waals surface area (Å²) in [6.45, 7) is 4.47. The van der Waals surface area contributed by atoms with Crippen molar-refractivity contribution in [1.29, 1.82) is 0 Å². The van der Waals surface area contributed by atoms with E-state index >= 15 is 0 Å². The average molecular weight is 390 g/mol. The first-order valence-corrected chi connectivity index (χ1v) is 10.2. The molecule has 0 spiro atoms. The number of nitrogens with zero attached hydrogens (tertiary/aromatic N) is 6. The zero-order chi connectivity index (χ0) is 20.2. The normalized spacial score (nSPS) is 12.4. The number of unbranched alkanes of at least 4 members (excludes halogenated alkanes) is 1. The minimum atomic E-state index is 0.426. The van der Waals surface area contributed by atoms with Crippen LogP contribution < -0.4 is 5.32 Å². The van der Waals surface area contributed by atoms with Crippen LogP contribution in [-0.2, 0) is 7.05 Å². The van der Waals surface area contributed by atoms with Crippen LogP contribution in [0.15, 0.2) is 49.2 Å². The highest BCUT2D eigenvalue weighted by atomic mass is 15.3. The van der Waals surface area contributed by atoms with E-state index in [0.717, 1.165) is 46.8 Å². The predicted molar refractivity (Wildman–Crippen MR) is 115 cm³/mol. The molecule has 0 aliphatic carbocycles. The molecule has 1 unspecified atom stereocenters. The maximum atomic E-state index is 5.06. The molecule has 0 aromatic carbocycles. The van der Waals surface area contributed by atoms with Crippen molar-refractivity contribution < 1.29 is 0 Å². The second kappa shape index (κ2) is 8.43. The lowest BCUT2D eigenvalue weighted by Crippen LogP contribution is -2.07. The van der Waals surface area contributed by atoms with Gasteiger partial charge >= 0.3 is 0 Å². The van der Waals surface area contributed by atoms with E-state index in [9.17, 15) is 0 Å². The number of fused-ring (bicyclic) bond motifs is 1. The van der Waals surface area contributed by atoms with Crippen molar-refractivity contribution >= 4 is 17.2 Å². The van der Waals surface area contributed by atoms with E-state index in [1.54, 1.807) is 17.1 Å². The fourth-order valence-corrected chi connectivity index (χ4v) is 3.64. The number of nitrogens with one attached hydrogen (secondary N) is 1. The Hall–Kier alpha value is -3.22. The van der Waals surface area contributed by atoms with Gasteiger partial charge in [-0.05, 0) is 25.0 Å². The Morgan fingerprint density at radius 1 is 1.10 bits per heavy atom. The molecule has 0 radical (unpaired) electrons. The number of hydrogen-bond acceptors (Lipinski definition) is 5. The molecule has 29 heavy (non-hydrogen) atoms. The van der Waals surface area contributed by atoms with Crippen LogP contribution in [0.4, 0.5) is 11.5 Å². The summed E-state index contributed by atoms with van der Waals surface area (Å²) in [6, 6.07) is 6.04. The summed E-state index contributed by atoms with van der Waals surface area (Å²) in [5.74, 6) is 1.33. The van der Waals surface area contributed by atoms with Gasteiger partial charge in [-0.25, -0.2) is 4.98 Å². The topological polar surface area (TPSA) is 72.9 Å². The van der Waals surface area contributed by atoms with Gasteiger partial charge in [0.05, 0.1) is 12.4 Å². The van der Waals surface area contributed by atoms with Gasteiger partial charge in [0.25, 0.3) is 0 Å². The third-order valence-electron chi connectivity index (χ3n) is 5.28. The first-order chi connectivity index (χ1) is 14.2. The van der Waals surface area contributed by atoms with E-state index in [4.69, 9.17) is 4.98 Å². The van der Waals surface area contributed by atoms with Crippen LogP contribution in [0.5, 0.6) is 0 Å². The molecule has 0 saturated carbocycles. The fourth-order valence-electron chi connectivity index (χ4n) is 3.64. The highest BCUT2D eigenvalue weighted by Gasteiger charge is 2.18. The molecule has 0 aliphatic rings. The third-order valence-corrected chi connectivity index (χ3v) is 5.28. The summed E-state index contributed by atoms with van der Waals surface area (Å²) in [4.78, 5) is 9.16. The van der Waals surface area contributed by atoms with Crippen molar-refractivity contribution in [1.82, 2.24) is 29.4 Å². The molecule has 1 atom stereocenters. The molecule has 4 heterocycles. The van der Waals surface area contributed by atoms with Crippen LogP contribution in [0.3, 0.4) is 0 Å². The van der Waals surface area contributed by atoms with Gasteiger partial charge in [0.2, 0.25) is 0 Å². The Labute approximate surface area is 170 Å². The zero-order valence-electron chi connectivity index (χ0n) is 17.2. The van der Waals surface area contributed by atoms with E-state index < -0.39 is 0 Å². The van der Waals surface area contributed by atoms with E-state index in [2.05, 4.69) is 40.4 Å². The monoisotopic (exact) mass is 389 g/mol. The molecule has 4 aromatic heterocycles. The van der Waals surface area contributed by atoms with Crippen molar-refractivity contribution in [2.45, 2.75) is 45.4 Å². The molecule has 0 fully saturated rings. The highest BCUT2D eigenvalue weighted by molar-refractivity contribution is 5.78. The Bertz CT molecular complexity index is 1080. The molecule has 0 bridgehead atoms. The minimum Gasteiger partial charge on any atom is -0.340 e. The van der Waals surface area contributed by atoms with Gasteiger partial charge in [-0.1, -0.05) is 26.7 Å². The van der Waals surface area contributed by atoms with E-state index in [1.807, 2.05) is 42.3 Å². The van der Waals surface area contributed by atoms with Crippen LogP contribution >= 0.6 is 0 Å². The van der Waals surface area contributed by atoms with Crippen LogP contribution in [0.25, 0.3) is 16.8 Å². The number of aryl methyl sites for hydroxylation is 1. The molecule has 0 saturated heterocycles. The molecular formula is C22H27N7. The molecule has 150 valence electrons. The van der Waals surface area contributed by atoms with Gasteiger partial charge in [-0.15, -0.1) is 0 Å². The van der Waals surface area contributed by atoms with Crippen LogP contribution in [-0.4, -0.2) is 29.4 Å². The largest absolute Gasteiger partial charge is 0.340 e. The molecule has 7 heteroatoms. The average Bonchev–Trinajstić information content (AvgIpc) is 3.35. The molecule has 7 nitrogen and oxygen atoms in total. The number of pyridine rings is 1. The lowest BCUT2D eigenvalue weighted by Gasteiger charge is -2.17. The van der Waals surface area contributed by atoms with Gasteiger partial charge in [-0.2, -0.15) is 14.7 Å². The fraction of sp³-hybridized carbons (Fsp3) is 0.364. The summed E-state index contributed by atoms with van der Waals surface area (Å²) in [7, 11) is 1.92. The first-order valence-electron chi connectivity index (χ1n) is 10.2. The predicted octanol–water partition coefficient (Wildman–Crippen LogP) is 4.95. The SMILES string of the molecule is CCCCC(CC)c1cc(Nc2ccncc2)n2ncc(-c3cnn(C)c3)c2n1. The molecule has 0 amide bonds. The first kappa shape index (κ1) is 19.1. The van der Waals surface area contributed by atoms with Crippen molar-refractivity contribution in [3.05, 3.63) is 54.9 Å². The maximum absolute atomic E-state index is 5.06. The summed E-state index contributed by atoms with van der Waals surface area (Å²) >= 11 is 0. The van der Waals surface area contributed by atoms with Gasteiger partial charge < -0.3 is 5.32 Å². The molecule has 4 aromatic rings. The van der Waals surface area contributed by atoms with Crippen molar-refractivity contribution in [2.75, 3.05) is 5.32 Å². The van der Waals surface area contributed by atoms with E-state index in [1.165, 1.54) is 12.8 Å². The molecular weight excluding hydrogens is 362 g/mol. The summed E-state index contributed by atoms with van der Waals surface area (Å²) in [5.41, 5.74) is 4.93. The van der Waals surface area contributed by atoms with Crippen LogP contribution in [0.1, 0.15) is 51.1 Å². The molecule has 4 rings (SSSR count). The minimum absolute atomic E-state index is 0.426. The van der Waals surface area contributed by atoms with Crippen molar-refractivity contribution in [3.8, 4) is 11.1 Å². The van der Waals surface area contributed by atoms with Gasteiger partial charge in [0.15, 0.2) is 5.65 Å². The number of rotatable bonds is 8. The lowest BCUT2D eigenvalue weighted by molar-refractivity contribution is 0.557. The molecule has 0 aliphatic heterocycles. The maximum Gasteiger partial charge on any atom is 0.165 e. The van der Waals surface area contributed by atoms with E-state index in [-0.39, 0.29) is 0 Å². The smallest absolute Gasteiger partial charge is 0.165 e. The Morgan fingerprint density at radius 2 is 1.93 bits per heavy atom. The van der Waals surface area contributed by atoms with Gasteiger partial charge in [-0.3, -0.25) is 9.67 Å². The standard InChI is InChI=1S/C22H27N7/c1-4-6-7-16(5-2)20-12-21(26-18-8-10-23-11-9-18)29-22(27-20)19(14-25-29)17-13-24-28(3)15-17/h8-16H,4-7H2,1-3H3,(H,23,26). The van der Waals surface area contributed by atoms with Gasteiger partial charge in [0, 0.05) is 60.1 Å². The lowest BCUT2D eigenvalue weighted by atomic mass is 9.95. The Kier molecular flexibility index (Phi) is 5.55. The Morgan fingerprint density at radius 3 is 2.62 bits per heavy atom. The number of anilines is 2. The van der Waals surface area contributed by atoms with Crippen LogP contribution in [0, 0.1) is 0 Å². The summed E-state index contributed by atoms with van der Waals surface area (Å²) in [5, 5.41) is 12.4. The number of hydrogen-bond donors (Lipinski definition) is 1. The third kappa shape index (κ3) is 3.99. The summed E-state index contributed by atoms with van der Waals surface area (Å²) < 4.78 is 3.67. The summed E-state index contributed by atoms with van der Waals surface area (Å²) in [6.07, 6.45) is 13.9. The van der Waals surface area contributed by atoms with Gasteiger partial charge in [0.1, 0.15) is 5.82 Å². The second-order valence-corrected chi connectivity index (χ2v) is 7.37. The Balaban J connectivity index is 1.84. The van der Waals surface area contributed by atoms with Crippen molar-refractivity contribution in [3.63, 3.8) is 0 Å². The molecule has 1 N–H and O–H groups in total. The highest BCUT2D eigenvalue weighted by Crippen LogP contribution is 2.31. The number of aromatic nitrogens is 6. The van der Waals surface area contributed by atoms with E-state index in [0.29, 0.717) is 5.92 Å². The zero-order valence-corrected chi connectivity index (χ0v) is 17.2. The van der Waals surface area contributed by atoms with Crippen molar-refractivity contribution in [2.24, 2.45) is 7.05 Å². The van der Waals surface area contributed by atoms with Crippen LogP contribution in [0.2, 0.25) is 0 Å². The second-order valence-electron chi connectivity index (χ2n) is 7.37.